The van der Waals surface area contributed by atoms with Crippen LogP contribution in [0.15, 0.2) is 16.6 Å². The largest absolute Gasteiger partial charge is 0.492 e. The Morgan fingerprint density at radius 1 is 1.44 bits per heavy atom. The molecule has 1 aromatic carbocycles. The lowest BCUT2D eigenvalue weighted by atomic mass is 9.95. The van der Waals surface area contributed by atoms with Crippen molar-refractivity contribution in [3.8, 4) is 5.75 Å². The molecule has 0 saturated carbocycles. The summed E-state index contributed by atoms with van der Waals surface area (Å²) in [6.07, 6.45) is 0. The summed E-state index contributed by atoms with van der Waals surface area (Å²) in [5, 5.41) is 18.3. The van der Waals surface area contributed by atoms with Crippen molar-refractivity contribution in [1.82, 2.24) is 0 Å². The van der Waals surface area contributed by atoms with E-state index >= 15 is 0 Å². The van der Waals surface area contributed by atoms with Crippen LogP contribution in [0.5, 0.6) is 5.75 Å². The summed E-state index contributed by atoms with van der Waals surface area (Å²) in [4.78, 5) is 11.0. The van der Waals surface area contributed by atoms with Crippen molar-refractivity contribution in [2.24, 2.45) is 5.41 Å². The van der Waals surface area contributed by atoms with Crippen molar-refractivity contribution in [3.63, 3.8) is 0 Å². The second-order valence-corrected chi connectivity index (χ2v) is 5.76. The van der Waals surface area contributed by atoms with Gasteiger partial charge in [0, 0.05) is 10.0 Å². The number of aliphatic hydroxyl groups excluding tert-OH is 1. The van der Waals surface area contributed by atoms with Gasteiger partial charge in [0.25, 0.3) is 0 Å². The molecule has 0 bridgehead atoms. The number of carbonyl (C=O) groups is 1. The monoisotopic (exact) mass is 316 g/mol. The molecular formula is C13H17BrO4. The van der Waals surface area contributed by atoms with E-state index in [0.29, 0.717) is 11.3 Å². The number of aliphatic hydroxyl groups is 1. The number of benzene rings is 1. The molecule has 0 aliphatic heterocycles. The fourth-order valence-electron chi connectivity index (χ4n) is 1.44. The quantitative estimate of drug-likeness (QED) is 0.876. The molecule has 0 saturated heterocycles. The normalized spacial score (nSPS) is 11.4. The molecule has 0 fully saturated rings. The maximum Gasteiger partial charge on any atom is 0.312 e. The maximum absolute atomic E-state index is 11.0. The lowest BCUT2D eigenvalue weighted by molar-refractivity contribution is -0.148. The Hall–Kier alpha value is -1.07. The molecule has 1 rings (SSSR count). The Balaban J connectivity index is 2.95. The second-order valence-electron chi connectivity index (χ2n) is 4.85. The first-order valence-electron chi connectivity index (χ1n) is 5.54. The minimum atomic E-state index is -0.966. The molecule has 1 aromatic rings. The molecule has 4 nitrogen and oxygen atoms in total. The van der Waals surface area contributed by atoms with Gasteiger partial charge in [-0.25, -0.2) is 0 Å². The SMILES string of the molecule is Cc1cc(Br)cc(CO)c1OCC(C)(C)C(=O)O. The lowest BCUT2D eigenvalue weighted by Gasteiger charge is -2.21. The van der Waals surface area contributed by atoms with Crippen molar-refractivity contribution < 1.29 is 19.7 Å². The zero-order chi connectivity index (χ0) is 13.9. The predicted octanol–water partition coefficient (Wildman–Crippen LogP) is 2.74. The van der Waals surface area contributed by atoms with E-state index in [9.17, 15) is 9.90 Å². The first-order chi connectivity index (χ1) is 8.27. The van der Waals surface area contributed by atoms with E-state index in [4.69, 9.17) is 9.84 Å². The number of carboxylic acids is 1. The van der Waals surface area contributed by atoms with Gasteiger partial charge in [0.15, 0.2) is 0 Å². The lowest BCUT2D eigenvalue weighted by Crippen LogP contribution is -2.31. The van der Waals surface area contributed by atoms with Crippen LogP contribution in [-0.4, -0.2) is 22.8 Å². The molecule has 0 atom stereocenters. The molecule has 0 amide bonds. The summed E-state index contributed by atoms with van der Waals surface area (Å²) in [5.41, 5.74) is 0.532. The van der Waals surface area contributed by atoms with Crippen LogP contribution < -0.4 is 4.74 Å². The van der Waals surface area contributed by atoms with Crippen molar-refractivity contribution >= 4 is 21.9 Å². The molecule has 100 valence electrons. The van der Waals surface area contributed by atoms with Crippen LogP contribution in [0.25, 0.3) is 0 Å². The van der Waals surface area contributed by atoms with Crippen LogP contribution in [0.3, 0.4) is 0 Å². The number of aliphatic carboxylic acids is 1. The molecule has 5 heteroatoms. The first-order valence-corrected chi connectivity index (χ1v) is 6.33. The van der Waals surface area contributed by atoms with Crippen molar-refractivity contribution in [1.29, 1.82) is 0 Å². The number of rotatable bonds is 5. The van der Waals surface area contributed by atoms with Gasteiger partial charge in [-0.05, 0) is 38.5 Å². The van der Waals surface area contributed by atoms with Crippen LogP contribution in [0, 0.1) is 12.3 Å². The molecular weight excluding hydrogens is 300 g/mol. The summed E-state index contributed by atoms with van der Waals surface area (Å²) in [7, 11) is 0. The highest BCUT2D eigenvalue weighted by Crippen LogP contribution is 2.29. The second kappa shape index (κ2) is 5.71. The molecule has 0 radical (unpaired) electrons. The highest BCUT2D eigenvalue weighted by molar-refractivity contribution is 9.10. The third-order valence-electron chi connectivity index (χ3n) is 2.64. The summed E-state index contributed by atoms with van der Waals surface area (Å²) in [6.45, 7) is 4.96. The van der Waals surface area contributed by atoms with E-state index in [-0.39, 0.29) is 13.2 Å². The number of carboxylic acid groups (broad SMARTS) is 1. The molecule has 0 spiro atoms. The Kier molecular flexibility index (Phi) is 4.76. The van der Waals surface area contributed by atoms with Crippen molar-refractivity contribution in [2.75, 3.05) is 6.61 Å². The van der Waals surface area contributed by atoms with Crippen LogP contribution in [0.4, 0.5) is 0 Å². The van der Waals surface area contributed by atoms with Gasteiger partial charge in [0.2, 0.25) is 0 Å². The van der Waals surface area contributed by atoms with Crippen LogP contribution >= 0.6 is 15.9 Å². The van der Waals surface area contributed by atoms with E-state index < -0.39 is 11.4 Å². The van der Waals surface area contributed by atoms with Gasteiger partial charge in [0.05, 0.1) is 12.0 Å². The van der Waals surface area contributed by atoms with Crippen molar-refractivity contribution in [2.45, 2.75) is 27.4 Å². The standard InChI is InChI=1S/C13H17BrO4/c1-8-4-10(14)5-9(6-15)11(8)18-7-13(2,3)12(16)17/h4-5,15H,6-7H2,1-3H3,(H,16,17). The zero-order valence-electron chi connectivity index (χ0n) is 10.7. The van der Waals surface area contributed by atoms with E-state index in [2.05, 4.69) is 15.9 Å². The number of halogens is 1. The highest BCUT2D eigenvalue weighted by atomic mass is 79.9. The third-order valence-corrected chi connectivity index (χ3v) is 3.10. The minimum Gasteiger partial charge on any atom is -0.492 e. The minimum absolute atomic E-state index is 0.0534. The Labute approximate surface area is 115 Å². The van der Waals surface area contributed by atoms with E-state index in [1.807, 2.05) is 13.0 Å². The zero-order valence-corrected chi connectivity index (χ0v) is 12.2. The van der Waals surface area contributed by atoms with Gasteiger partial charge < -0.3 is 14.9 Å². The van der Waals surface area contributed by atoms with Crippen LogP contribution in [0.1, 0.15) is 25.0 Å². The van der Waals surface area contributed by atoms with Crippen LogP contribution in [0.2, 0.25) is 0 Å². The van der Waals surface area contributed by atoms with Gasteiger partial charge >= 0.3 is 5.97 Å². The number of hydrogen-bond acceptors (Lipinski definition) is 3. The van der Waals surface area contributed by atoms with Gasteiger partial charge in [-0.1, -0.05) is 15.9 Å². The molecule has 0 aliphatic carbocycles. The summed E-state index contributed by atoms with van der Waals surface area (Å²) in [5.74, 6) is -0.363. The summed E-state index contributed by atoms with van der Waals surface area (Å²) >= 11 is 3.34. The van der Waals surface area contributed by atoms with Gasteiger partial charge in [0.1, 0.15) is 12.4 Å². The third kappa shape index (κ3) is 3.46. The Morgan fingerprint density at radius 2 is 2.06 bits per heavy atom. The summed E-state index contributed by atoms with van der Waals surface area (Å²) < 4.78 is 6.43. The fourth-order valence-corrected chi connectivity index (χ4v) is 2.06. The highest BCUT2D eigenvalue weighted by Gasteiger charge is 2.28. The van der Waals surface area contributed by atoms with E-state index in [0.717, 1.165) is 10.0 Å². The Bertz CT molecular complexity index is 455. The average molecular weight is 317 g/mol. The van der Waals surface area contributed by atoms with E-state index in [1.54, 1.807) is 19.9 Å². The Morgan fingerprint density at radius 3 is 2.56 bits per heavy atom. The number of hydrogen-bond donors (Lipinski definition) is 2. The topological polar surface area (TPSA) is 66.8 Å². The number of ether oxygens (including phenoxy) is 1. The predicted molar refractivity (Wildman–Crippen MR) is 71.7 cm³/mol. The van der Waals surface area contributed by atoms with Gasteiger partial charge in [-0.3, -0.25) is 4.79 Å². The molecule has 18 heavy (non-hydrogen) atoms. The van der Waals surface area contributed by atoms with Crippen LogP contribution in [-0.2, 0) is 11.4 Å². The smallest absolute Gasteiger partial charge is 0.312 e. The average Bonchev–Trinajstić information content (AvgIpc) is 2.26. The maximum atomic E-state index is 11.0. The van der Waals surface area contributed by atoms with Crippen molar-refractivity contribution in [3.05, 3.63) is 27.7 Å². The molecule has 2 N–H and O–H groups in total. The molecule has 0 unspecified atom stereocenters. The number of aryl methyl sites for hydroxylation is 1. The fraction of sp³-hybridized carbons (Fsp3) is 0.462. The first kappa shape index (κ1) is 15.0. The molecule has 0 aromatic heterocycles. The van der Waals surface area contributed by atoms with E-state index in [1.165, 1.54) is 0 Å². The summed E-state index contributed by atoms with van der Waals surface area (Å²) in [6, 6.07) is 3.62. The van der Waals surface area contributed by atoms with Gasteiger partial charge in [-0.15, -0.1) is 0 Å². The molecule has 0 heterocycles. The molecule has 0 aliphatic rings. The van der Waals surface area contributed by atoms with Gasteiger partial charge in [-0.2, -0.15) is 0 Å².